The van der Waals surface area contributed by atoms with Crippen LogP contribution in [0.3, 0.4) is 0 Å². The van der Waals surface area contributed by atoms with E-state index in [4.69, 9.17) is 18.9 Å². The average molecular weight is 437 g/mol. The molecular weight excluding hydrogens is 400 g/mol. The second-order valence-electron chi connectivity index (χ2n) is 9.82. The van der Waals surface area contributed by atoms with E-state index in [2.05, 4.69) is 32.2 Å². The van der Waals surface area contributed by atoms with Gasteiger partial charge in [-0.3, -0.25) is 4.79 Å². The molecule has 1 N–H and O–H groups in total. The van der Waals surface area contributed by atoms with Crippen molar-refractivity contribution in [1.29, 1.82) is 0 Å². The van der Waals surface area contributed by atoms with Crippen LogP contribution >= 0.6 is 0 Å². The van der Waals surface area contributed by atoms with E-state index < -0.39 is 0 Å². The van der Waals surface area contributed by atoms with E-state index in [1.165, 1.54) is 5.57 Å². The Morgan fingerprint density at radius 3 is 2.58 bits per heavy atom. The van der Waals surface area contributed by atoms with Crippen molar-refractivity contribution in [2.24, 2.45) is 5.92 Å². The Morgan fingerprint density at radius 2 is 2.00 bits per heavy atom. The predicted octanol–water partition coefficient (Wildman–Crippen LogP) is 2.41. The van der Waals surface area contributed by atoms with Crippen molar-refractivity contribution < 1.29 is 28.5 Å². The summed E-state index contributed by atoms with van der Waals surface area (Å²) in [6.45, 7) is 9.80. The van der Waals surface area contributed by atoms with Crippen molar-refractivity contribution in [2.75, 3.05) is 26.8 Å². The number of nitrogens with one attached hydrogen (secondary N) is 1. The van der Waals surface area contributed by atoms with Gasteiger partial charge in [-0.1, -0.05) is 18.6 Å². The number of carbonyl (C=O) groups excluding carboxylic acids is 2. The third kappa shape index (κ3) is 4.34. The molecule has 6 atom stereocenters. The molecular formula is C23H36N2O6. The molecule has 174 valence electrons. The van der Waals surface area contributed by atoms with Crippen molar-refractivity contribution in [2.45, 2.75) is 88.9 Å². The molecule has 0 aromatic carbocycles. The molecule has 4 fully saturated rings. The number of amides is 2. The lowest BCUT2D eigenvalue weighted by atomic mass is 9.68. The van der Waals surface area contributed by atoms with Gasteiger partial charge in [0.25, 0.3) is 0 Å². The number of likely N-dealkylation sites (tertiary alicyclic amines) is 1. The molecule has 3 aliphatic heterocycles. The fourth-order valence-electron chi connectivity index (χ4n) is 5.32. The quantitative estimate of drug-likeness (QED) is 0.487. The molecule has 1 aliphatic carbocycles. The molecule has 0 aromatic rings. The maximum Gasteiger partial charge on any atom is 0.410 e. The summed E-state index contributed by atoms with van der Waals surface area (Å²) in [4.78, 5) is 25.9. The number of epoxide rings is 2. The molecule has 4 aliphatic rings. The predicted molar refractivity (Wildman–Crippen MR) is 114 cm³/mol. The zero-order valence-electron chi connectivity index (χ0n) is 19.3. The first kappa shape index (κ1) is 22.6. The van der Waals surface area contributed by atoms with Gasteiger partial charge in [0.2, 0.25) is 5.91 Å². The third-order valence-electron chi connectivity index (χ3n) is 7.32. The third-order valence-corrected chi connectivity index (χ3v) is 7.32. The Bertz CT molecular complexity index is 740. The van der Waals surface area contributed by atoms with Crippen LogP contribution in [0.5, 0.6) is 0 Å². The summed E-state index contributed by atoms with van der Waals surface area (Å²) in [7, 11) is 1.68. The second-order valence-corrected chi connectivity index (χ2v) is 9.82. The van der Waals surface area contributed by atoms with E-state index in [1.54, 1.807) is 12.0 Å². The van der Waals surface area contributed by atoms with Crippen molar-refractivity contribution in [3.05, 3.63) is 11.6 Å². The lowest BCUT2D eigenvalue weighted by Gasteiger charge is -2.44. The number of methoxy groups -OCH3 is 1. The largest absolute Gasteiger partial charge is 0.443 e. The monoisotopic (exact) mass is 436 g/mol. The Balaban J connectivity index is 1.38. The fourth-order valence-corrected chi connectivity index (χ4v) is 5.32. The van der Waals surface area contributed by atoms with E-state index in [0.717, 1.165) is 12.8 Å². The molecule has 1 saturated carbocycles. The van der Waals surface area contributed by atoms with Crippen LogP contribution in [0.15, 0.2) is 11.6 Å². The molecule has 1 unspecified atom stereocenters. The number of rotatable bonds is 7. The number of carbonyl (C=O) groups is 2. The number of allylic oxidation sites excluding steroid dienone is 1. The van der Waals surface area contributed by atoms with E-state index in [1.807, 2.05) is 6.92 Å². The van der Waals surface area contributed by atoms with Crippen LogP contribution in [0.4, 0.5) is 4.79 Å². The summed E-state index contributed by atoms with van der Waals surface area (Å²) >= 11 is 0. The summed E-state index contributed by atoms with van der Waals surface area (Å²) in [6, 6.07) is 0.00932. The second kappa shape index (κ2) is 8.37. The number of hydrogen-bond donors (Lipinski definition) is 1. The normalized spacial score (nSPS) is 38.9. The summed E-state index contributed by atoms with van der Waals surface area (Å²) in [5.74, 6) is 0.0164. The molecule has 0 aromatic heterocycles. The molecule has 3 heterocycles. The van der Waals surface area contributed by atoms with Crippen LogP contribution in [0.25, 0.3) is 0 Å². The molecule has 3 saturated heterocycles. The minimum atomic E-state index is -0.347. The van der Waals surface area contributed by atoms with Crippen molar-refractivity contribution in [3.63, 3.8) is 0 Å². The summed E-state index contributed by atoms with van der Waals surface area (Å²) in [5, 5.41) is 2.90. The number of hydrogen-bond acceptors (Lipinski definition) is 6. The first-order valence-electron chi connectivity index (χ1n) is 11.4. The Morgan fingerprint density at radius 1 is 1.29 bits per heavy atom. The Kier molecular flexibility index (Phi) is 6.09. The first-order chi connectivity index (χ1) is 14.7. The number of ether oxygens (including phenoxy) is 4. The van der Waals surface area contributed by atoms with Gasteiger partial charge >= 0.3 is 6.09 Å². The van der Waals surface area contributed by atoms with Crippen LogP contribution in [-0.2, 0) is 23.7 Å². The van der Waals surface area contributed by atoms with Gasteiger partial charge in [0.15, 0.2) is 0 Å². The van der Waals surface area contributed by atoms with Crippen molar-refractivity contribution in [3.8, 4) is 0 Å². The van der Waals surface area contributed by atoms with Crippen molar-refractivity contribution in [1.82, 2.24) is 10.2 Å². The molecule has 8 heteroatoms. The van der Waals surface area contributed by atoms with Crippen LogP contribution in [0, 0.1) is 5.92 Å². The van der Waals surface area contributed by atoms with Gasteiger partial charge in [0.05, 0.1) is 24.7 Å². The van der Waals surface area contributed by atoms with Gasteiger partial charge in [-0.05, 0) is 40.0 Å². The lowest BCUT2D eigenvalue weighted by Crippen LogP contribution is -2.62. The topological polar surface area (TPSA) is 92.9 Å². The highest BCUT2D eigenvalue weighted by Crippen LogP contribution is 2.59. The standard InChI is InChI=1S/C23H36N2O6/c1-6-18(26)24-15-11-25(12-15)21(27)30-16-9-10-23(13-29-23)20(19(16)28-5)22(4)17(31-22)8-7-14(2)3/h7,15-17,19-20H,6,8-13H2,1-5H3,(H,24,26)/t16-,17-,19-,20?,22+,23+/m1/s1. The highest BCUT2D eigenvalue weighted by atomic mass is 16.6. The van der Waals surface area contributed by atoms with E-state index in [9.17, 15) is 9.59 Å². The number of nitrogens with zero attached hydrogens (tertiary/aromatic N) is 1. The fraction of sp³-hybridized carbons (Fsp3) is 0.826. The molecule has 1 spiro atoms. The summed E-state index contributed by atoms with van der Waals surface area (Å²) < 4.78 is 24.0. The van der Waals surface area contributed by atoms with E-state index in [0.29, 0.717) is 32.5 Å². The van der Waals surface area contributed by atoms with E-state index >= 15 is 0 Å². The van der Waals surface area contributed by atoms with Gasteiger partial charge in [0.1, 0.15) is 23.4 Å². The highest BCUT2D eigenvalue weighted by Gasteiger charge is 2.72. The SMILES string of the molecule is CCC(=O)NC1CN(C(=O)O[C@@H]2CC[C@]3(CO3)C([C@@]3(C)O[C@@H]3CC=C(C)C)[C@@H]2OC)C1. The minimum Gasteiger partial charge on any atom is -0.443 e. The minimum absolute atomic E-state index is 0.00246. The maximum atomic E-state index is 12.7. The van der Waals surface area contributed by atoms with Gasteiger partial charge in [-0.15, -0.1) is 0 Å². The maximum absolute atomic E-state index is 12.7. The molecule has 0 radical (unpaired) electrons. The van der Waals surface area contributed by atoms with Gasteiger partial charge in [-0.25, -0.2) is 4.79 Å². The van der Waals surface area contributed by atoms with E-state index in [-0.39, 0.29) is 53.5 Å². The molecule has 2 amide bonds. The van der Waals surface area contributed by atoms with Crippen LogP contribution in [-0.4, -0.2) is 79.3 Å². The average Bonchev–Trinajstić information content (AvgIpc) is 3.61. The zero-order chi connectivity index (χ0) is 22.4. The van der Waals surface area contributed by atoms with Crippen LogP contribution < -0.4 is 5.32 Å². The van der Waals surface area contributed by atoms with Gasteiger partial charge in [0, 0.05) is 26.6 Å². The zero-order valence-corrected chi connectivity index (χ0v) is 19.3. The molecule has 8 nitrogen and oxygen atoms in total. The molecule has 31 heavy (non-hydrogen) atoms. The smallest absolute Gasteiger partial charge is 0.410 e. The van der Waals surface area contributed by atoms with Gasteiger partial charge < -0.3 is 29.2 Å². The highest BCUT2D eigenvalue weighted by molar-refractivity contribution is 5.76. The Hall–Kier alpha value is -1.64. The summed E-state index contributed by atoms with van der Waals surface area (Å²) in [5.41, 5.74) is 0.696. The summed E-state index contributed by atoms with van der Waals surface area (Å²) in [6.07, 6.45) is 4.21. The van der Waals surface area contributed by atoms with Crippen molar-refractivity contribution >= 4 is 12.0 Å². The Labute approximate surface area is 184 Å². The van der Waals surface area contributed by atoms with Crippen LogP contribution in [0.1, 0.15) is 53.4 Å². The first-order valence-corrected chi connectivity index (χ1v) is 11.4. The molecule has 4 rings (SSSR count). The molecule has 0 bridgehead atoms. The van der Waals surface area contributed by atoms with Crippen LogP contribution in [0.2, 0.25) is 0 Å². The van der Waals surface area contributed by atoms with Gasteiger partial charge in [-0.2, -0.15) is 0 Å². The lowest BCUT2D eigenvalue weighted by molar-refractivity contribution is -0.126.